The van der Waals surface area contributed by atoms with Crippen LogP contribution in [0.5, 0.6) is 5.75 Å². The number of amides is 1. The Morgan fingerprint density at radius 2 is 1.93 bits per heavy atom. The molecule has 0 bridgehead atoms. The topological polar surface area (TPSA) is 64.4 Å². The normalized spacial score (nSPS) is 10.8. The van der Waals surface area contributed by atoms with Gasteiger partial charge in [0.1, 0.15) is 17.1 Å². The highest BCUT2D eigenvalue weighted by molar-refractivity contribution is 6.07. The standard InChI is InChI=1S/C22H17FN2O3/c1-13-6-5-8-16(20(13)27-2)21(26)24-14-10-11-19-18(12-14)25-22(28-19)15-7-3-4-9-17(15)23/h3-12H,1-2H3,(H,24,26). The number of para-hydroxylation sites is 1. The van der Waals surface area contributed by atoms with E-state index in [0.29, 0.717) is 28.1 Å². The molecule has 1 N–H and O–H groups in total. The zero-order chi connectivity index (χ0) is 19.7. The summed E-state index contributed by atoms with van der Waals surface area (Å²) in [5.74, 6) is 0.0214. The number of benzene rings is 3. The van der Waals surface area contributed by atoms with Crippen molar-refractivity contribution in [2.24, 2.45) is 0 Å². The van der Waals surface area contributed by atoms with Gasteiger partial charge in [-0.3, -0.25) is 4.79 Å². The SMILES string of the molecule is COc1c(C)cccc1C(=O)Nc1ccc2oc(-c3ccccc3F)nc2c1. The van der Waals surface area contributed by atoms with Crippen LogP contribution in [0.1, 0.15) is 15.9 Å². The average Bonchev–Trinajstić information content (AvgIpc) is 3.11. The van der Waals surface area contributed by atoms with Crippen LogP contribution in [-0.4, -0.2) is 18.0 Å². The molecule has 0 aliphatic carbocycles. The van der Waals surface area contributed by atoms with Crippen LogP contribution in [0.4, 0.5) is 10.1 Å². The highest BCUT2D eigenvalue weighted by atomic mass is 19.1. The fraction of sp³-hybridized carbons (Fsp3) is 0.0909. The number of hydrogen-bond donors (Lipinski definition) is 1. The van der Waals surface area contributed by atoms with Crippen LogP contribution in [-0.2, 0) is 0 Å². The van der Waals surface area contributed by atoms with Crippen molar-refractivity contribution in [3.8, 4) is 17.2 Å². The van der Waals surface area contributed by atoms with Crippen molar-refractivity contribution in [1.29, 1.82) is 0 Å². The quantitative estimate of drug-likeness (QED) is 0.531. The van der Waals surface area contributed by atoms with Gasteiger partial charge in [-0.2, -0.15) is 0 Å². The number of fused-ring (bicyclic) bond motifs is 1. The minimum absolute atomic E-state index is 0.192. The maximum Gasteiger partial charge on any atom is 0.259 e. The van der Waals surface area contributed by atoms with E-state index in [1.54, 1.807) is 48.5 Å². The summed E-state index contributed by atoms with van der Waals surface area (Å²) >= 11 is 0. The number of ether oxygens (including phenoxy) is 1. The van der Waals surface area contributed by atoms with Crippen molar-refractivity contribution in [3.05, 3.63) is 77.6 Å². The first-order chi connectivity index (χ1) is 13.6. The molecule has 0 spiro atoms. The Kier molecular flexibility index (Phi) is 4.53. The number of rotatable bonds is 4. The highest BCUT2D eigenvalue weighted by Gasteiger charge is 2.16. The number of halogens is 1. The molecular weight excluding hydrogens is 359 g/mol. The van der Waals surface area contributed by atoms with Gasteiger partial charge in [-0.15, -0.1) is 0 Å². The molecule has 0 saturated carbocycles. The first-order valence-corrected chi connectivity index (χ1v) is 8.67. The Labute approximate surface area is 160 Å². The molecule has 0 unspecified atom stereocenters. The third-order valence-electron chi connectivity index (χ3n) is 4.41. The first kappa shape index (κ1) is 17.7. The molecule has 1 amide bonds. The number of hydrogen-bond acceptors (Lipinski definition) is 4. The lowest BCUT2D eigenvalue weighted by Crippen LogP contribution is -2.13. The number of anilines is 1. The minimum Gasteiger partial charge on any atom is -0.496 e. The lowest BCUT2D eigenvalue weighted by molar-refractivity contribution is 0.102. The number of aryl methyl sites for hydroxylation is 1. The summed E-state index contributed by atoms with van der Waals surface area (Å²) in [6.07, 6.45) is 0. The van der Waals surface area contributed by atoms with Crippen LogP contribution in [0.15, 0.2) is 65.1 Å². The molecule has 0 saturated heterocycles. The molecule has 0 radical (unpaired) electrons. The molecular formula is C22H17FN2O3. The number of carbonyl (C=O) groups is 1. The van der Waals surface area contributed by atoms with Gasteiger partial charge in [0, 0.05) is 5.69 Å². The summed E-state index contributed by atoms with van der Waals surface area (Å²) in [4.78, 5) is 17.0. The highest BCUT2D eigenvalue weighted by Crippen LogP contribution is 2.29. The Morgan fingerprint density at radius 1 is 1.11 bits per heavy atom. The molecule has 0 aliphatic heterocycles. The second-order valence-electron chi connectivity index (χ2n) is 6.29. The molecule has 1 heterocycles. The molecule has 0 fully saturated rings. The molecule has 28 heavy (non-hydrogen) atoms. The van der Waals surface area contributed by atoms with Gasteiger partial charge in [0.2, 0.25) is 5.89 Å². The smallest absolute Gasteiger partial charge is 0.259 e. The maximum absolute atomic E-state index is 14.0. The lowest BCUT2D eigenvalue weighted by Gasteiger charge is -2.11. The summed E-state index contributed by atoms with van der Waals surface area (Å²) in [6.45, 7) is 1.88. The summed E-state index contributed by atoms with van der Waals surface area (Å²) in [5, 5.41) is 2.84. The number of carbonyl (C=O) groups excluding carboxylic acids is 1. The van der Waals surface area contributed by atoms with Crippen molar-refractivity contribution in [1.82, 2.24) is 4.98 Å². The van der Waals surface area contributed by atoms with Gasteiger partial charge >= 0.3 is 0 Å². The molecule has 3 aromatic carbocycles. The zero-order valence-corrected chi connectivity index (χ0v) is 15.3. The Bertz CT molecular complexity index is 1180. The Morgan fingerprint density at radius 3 is 2.71 bits per heavy atom. The van der Waals surface area contributed by atoms with Crippen LogP contribution in [0.2, 0.25) is 0 Å². The van der Waals surface area contributed by atoms with Crippen LogP contribution < -0.4 is 10.1 Å². The van der Waals surface area contributed by atoms with Gasteiger partial charge in [-0.05, 0) is 48.9 Å². The molecule has 0 aliphatic rings. The summed E-state index contributed by atoms with van der Waals surface area (Å²) in [7, 11) is 1.53. The lowest BCUT2D eigenvalue weighted by atomic mass is 10.1. The first-order valence-electron chi connectivity index (χ1n) is 8.67. The van der Waals surface area contributed by atoms with Gasteiger partial charge < -0.3 is 14.5 Å². The van der Waals surface area contributed by atoms with Crippen molar-refractivity contribution >= 4 is 22.7 Å². The van der Waals surface area contributed by atoms with E-state index in [9.17, 15) is 9.18 Å². The van der Waals surface area contributed by atoms with Crippen LogP contribution in [0.3, 0.4) is 0 Å². The fourth-order valence-corrected chi connectivity index (χ4v) is 3.06. The predicted molar refractivity (Wildman–Crippen MR) is 105 cm³/mol. The van der Waals surface area contributed by atoms with E-state index in [2.05, 4.69) is 10.3 Å². The average molecular weight is 376 g/mol. The Hall–Kier alpha value is -3.67. The molecule has 4 aromatic rings. The van der Waals surface area contributed by atoms with Crippen LogP contribution in [0, 0.1) is 12.7 Å². The number of methoxy groups -OCH3 is 1. The van der Waals surface area contributed by atoms with Gasteiger partial charge in [0.15, 0.2) is 5.58 Å². The van der Waals surface area contributed by atoms with Crippen molar-refractivity contribution in [2.75, 3.05) is 12.4 Å². The van der Waals surface area contributed by atoms with Gasteiger partial charge in [-0.1, -0.05) is 24.3 Å². The van der Waals surface area contributed by atoms with Crippen LogP contribution >= 0.6 is 0 Å². The summed E-state index contributed by atoms with van der Waals surface area (Å²) < 4.78 is 25.0. The second-order valence-corrected chi connectivity index (χ2v) is 6.29. The van der Waals surface area contributed by atoms with E-state index in [-0.39, 0.29) is 17.4 Å². The molecule has 4 rings (SSSR count). The van der Waals surface area contributed by atoms with E-state index in [1.165, 1.54) is 13.2 Å². The Balaban J connectivity index is 1.65. The number of aromatic nitrogens is 1. The van der Waals surface area contributed by atoms with Gasteiger partial charge in [0.25, 0.3) is 5.91 Å². The molecule has 6 heteroatoms. The number of oxazole rings is 1. The monoisotopic (exact) mass is 376 g/mol. The zero-order valence-electron chi connectivity index (χ0n) is 15.3. The third-order valence-corrected chi connectivity index (χ3v) is 4.41. The van der Waals surface area contributed by atoms with E-state index < -0.39 is 5.82 Å². The summed E-state index contributed by atoms with van der Waals surface area (Å²) in [6, 6.07) is 16.7. The molecule has 0 atom stereocenters. The number of nitrogens with one attached hydrogen (secondary N) is 1. The molecule has 140 valence electrons. The largest absolute Gasteiger partial charge is 0.496 e. The number of nitrogens with zero attached hydrogens (tertiary/aromatic N) is 1. The predicted octanol–water partition coefficient (Wildman–Crippen LogP) is 5.20. The minimum atomic E-state index is -0.408. The third kappa shape index (κ3) is 3.20. The fourth-order valence-electron chi connectivity index (χ4n) is 3.06. The van der Waals surface area contributed by atoms with E-state index in [4.69, 9.17) is 9.15 Å². The van der Waals surface area contributed by atoms with Gasteiger partial charge in [-0.25, -0.2) is 9.37 Å². The molecule has 5 nitrogen and oxygen atoms in total. The molecule has 1 aromatic heterocycles. The second kappa shape index (κ2) is 7.15. The van der Waals surface area contributed by atoms with Crippen molar-refractivity contribution in [2.45, 2.75) is 6.92 Å². The van der Waals surface area contributed by atoms with E-state index in [1.807, 2.05) is 13.0 Å². The van der Waals surface area contributed by atoms with E-state index in [0.717, 1.165) is 5.56 Å². The maximum atomic E-state index is 14.0. The van der Waals surface area contributed by atoms with Crippen molar-refractivity contribution < 1.29 is 18.3 Å². The van der Waals surface area contributed by atoms with Crippen molar-refractivity contribution in [3.63, 3.8) is 0 Å². The van der Waals surface area contributed by atoms with Gasteiger partial charge in [0.05, 0.1) is 18.2 Å². The van der Waals surface area contributed by atoms with Crippen LogP contribution in [0.25, 0.3) is 22.6 Å². The van der Waals surface area contributed by atoms with E-state index >= 15 is 0 Å². The summed E-state index contributed by atoms with van der Waals surface area (Å²) in [5.41, 5.74) is 3.17.